The van der Waals surface area contributed by atoms with Crippen molar-refractivity contribution in [3.63, 3.8) is 0 Å². The fourth-order valence-electron chi connectivity index (χ4n) is 6.27. The van der Waals surface area contributed by atoms with E-state index in [4.69, 9.17) is 4.42 Å². The van der Waals surface area contributed by atoms with Gasteiger partial charge in [-0.05, 0) is 88.6 Å². The van der Waals surface area contributed by atoms with Crippen LogP contribution in [-0.4, -0.2) is 4.98 Å². The minimum atomic E-state index is 0.814. The second-order valence-corrected chi connectivity index (χ2v) is 11.9. The lowest BCUT2D eigenvalue weighted by atomic mass is 9.98. The number of fused-ring (bicyclic) bond motifs is 8. The van der Waals surface area contributed by atoms with Gasteiger partial charge in [-0.25, -0.2) is 0 Å². The summed E-state index contributed by atoms with van der Waals surface area (Å²) in [6.07, 6.45) is 1.83. The van der Waals surface area contributed by atoms with Crippen LogP contribution in [0.1, 0.15) is 0 Å². The Labute approximate surface area is 251 Å². The molecule has 43 heavy (non-hydrogen) atoms. The highest BCUT2D eigenvalue weighted by Crippen LogP contribution is 2.41. The molecular formula is C39H24N2OS. The molecule has 3 heterocycles. The minimum Gasteiger partial charge on any atom is -0.454 e. The normalized spacial score (nSPS) is 11.7. The molecule has 0 N–H and O–H groups in total. The van der Waals surface area contributed by atoms with Crippen molar-refractivity contribution in [1.82, 2.24) is 4.98 Å². The van der Waals surface area contributed by atoms with Crippen LogP contribution in [-0.2, 0) is 0 Å². The minimum absolute atomic E-state index is 0.814. The standard InChI is InChI=1S/C39H24N2OS/c1-2-7-28(8-3-1)41(30-19-20-32-31-9-4-5-11-36(31)43-37(32)24-30)29-17-14-25(15-18-29)27-13-12-26-16-21-34-38(33(26)23-27)39-35(42-34)10-6-22-40-39/h1-24H. The van der Waals surface area contributed by atoms with Crippen LogP contribution in [0.25, 0.3) is 64.1 Å². The number of pyridine rings is 1. The van der Waals surface area contributed by atoms with E-state index in [1.54, 1.807) is 0 Å². The van der Waals surface area contributed by atoms with Crippen molar-refractivity contribution in [3.8, 4) is 11.1 Å². The Morgan fingerprint density at radius 1 is 0.512 bits per heavy atom. The highest BCUT2D eigenvalue weighted by atomic mass is 32.1. The molecule has 0 aliphatic carbocycles. The number of anilines is 3. The van der Waals surface area contributed by atoms with Crippen molar-refractivity contribution in [2.24, 2.45) is 0 Å². The second-order valence-electron chi connectivity index (χ2n) is 10.8. The number of furan rings is 1. The highest BCUT2D eigenvalue weighted by Gasteiger charge is 2.16. The molecule has 3 nitrogen and oxygen atoms in total. The quantitative estimate of drug-likeness (QED) is 0.211. The van der Waals surface area contributed by atoms with Crippen molar-refractivity contribution in [2.45, 2.75) is 0 Å². The largest absolute Gasteiger partial charge is 0.454 e. The number of nitrogens with zero attached hydrogens (tertiary/aromatic N) is 2. The van der Waals surface area contributed by atoms with Crippen molar-refractivity contribution in [1.29, 1.82) is 0 Å². The number of para-hydroxylation sites is 1. The number of rotatable bonds is 4. The van der Waals surface area contributed by atoms with E-state index in [9.17, 15) is 0 Å². The van der Waals surface area contributed by atoms with Crippen molar-refractivity contribution < 1.29 is 4.42 Å². The van der Waals surface area contributed by atoms with E-state index in [0.29, 0.717) is 0 Å². The molecule has 0 aliphatic heterocycles. The van der Waals surface area contributed by atoms with Gasteiger partial charge in [0, 0.05) is 43.4 Å². The zero-order chi connectivity index (χ0) is 28.3. The smallest absolute Gasteiger partial charge is 0.153 e. The summed E-state index contributed by atoms with van der Waals surface area (Å²) in [5, 5.41) is 6.01. The third-order valence-corrected chi connectivity index (χ3v) is 9.44. The molecule has 0 unspecified atom stereocenters. The summed E-state index contributed by atoms with van der Waals surface area (Å²) in [4.78, 5) is 6.98. The molecular weight excluding hydrogens is 545 g/mol. The van der Waals surface area contributed by atoms with E-state index in [0.717, 1.165) is 55.6 Å². The maximum absolute atomic E-state index is 6.11. The molecule has 0 aliphatic rings. The number of thiophene rings is 1. The lowest BCUT2D eigenvalue weighted by Gasteiger charge is -2.25. The van der Waals surface area contributed by atoms with Crippen LogP contribution >= 0.6 is 11.3 Å². The Kier molecular flexibility index (Phi) is 5.37. The predicted octanol–water partition coefficient (Wildman–Crippen LogP) is 11.6. The van der Waals surface area contributed by atoms with Gasteiger partial charge in [0.25, 0.3) is 0 Å². The first-order chi connectivity index (χ1) is 21.3. The molecule has 4 heteroatoms. The Bertz CT molecular complexity index is 2460. The third kappa shape index (κ3) is 3.92. The summed E-state index contributed by atoms with van der Waals surface area (Å²) in [6, 6.07) is 49.6. The zero-order valence-electron chi connectivity index (χ0n) is 23.1. The van der Waals surface area contributed by atoms with Gasteiger partial charge in [-0.3, -0.25) is 4.98 Å². The van der Waals surface area contributed by atoms with Crippen LogP contribution in [0.3, 0.4) is 0 Å². The fraction of sp³-hybridized carbons (Fsp3) is 0. The Morgan fingerprint density at radius 3 is 2.16 bits per heavy atom. The van der Waals surface area contributed by atoms with Crippen LogP contribution in [0, 0.1) is 0 Å². The number of benzene rings is 6. The van der Waals surface area contributed by atoms with E-state index >= 15 is 0 Å². The van der Waals surface area contributed by atoms with Gasteiger partial charge < -0.3 is 9.32 Å². The summed E-state index contributed by atoms with van der Waals surface area (Å²) in [5.74, 6) is 0. The highest BCUT2D eigenvalue weighted by molar-refractivity contribution is 7.25. The molecule has 0 atom stereocenters. The molecule has 9 rings (SSSR count). The van der Waals surface area contributed by atoms with E-state index < -0.39 is 0 Å². The molecule has 0 saturated carbocycles. The average molecular weight is 569 g/mol. The molecule has 0 saturated heterocycles. The van der Waals surface area contributed by atoms with Crippen LogP contribution < -0.4 is 4.90 Å². The van der Waals surface area contributed by atoms with Gasteiger partial charge in [0.2, 0.25) is 0 Å². The topological polar surface area (TPSA) is 29.3 Å². The van der Waals surface area contributed by atoms with E-state index in [-0.39, 0.29) is 0 Å². The van der Waals surface area contributed by atoms with Crippen LogP contribution in [0.2, 0.25) is 0 Å². The number of hydrogen-bond acceptors (Lipinski definition) is 4. The van der Waals surface area contributed by atoms with Gasteiger partial charge in [0.05, 0.1) is 5.39 Å². The van der Waals surface area contributed by atoms with Crippen molar-refractivity contribution in [2.75, 3.05) is 4.90 Å². The molecule has 0 radical (unpaired) electrons. The van der Waals surface area contributed by atoms with Gasteiger partial charge in [-0.2, -0.15) is 0 Å². The zero-order valence-corrected chi connectivity index (χ0v) is 23.9. The van der Waals surface area contributed by atoms with Gasteiger partial charge >= 0.3 is 0 Å². The molecule has 9 aromatic rings. The Hall–Kier alpha value is -5.45. The summed E-state index contributed by atoms with van der Waals surface area (Å²) in [5.41, 5.74) is 8.30. The second kappa shape index (κ2) is 9.55. The molecule has 6 aromatic carbocycles. The van der Waals surface area contributed by atoms with Gasteiger partial charge in [-0.15, -0.1) is 11.3 Å². The lowest BCUT2D eigenvalue weighted by molar-refractivity contribution is 0.668. The SMILES string of the molecule is c1ccc(N(c2ccc(-c3ccc4ccc5oc6cccnc6c5c4c3)cc2)c2ccc3c(c2)sc2ccccc23)cc1. The van der Waals surface area contributed by atoms with Crippen molar-refractivity contribution in [3.05, 3.63) is 146 Å². The van der Waals surface area contributed by atoms with Gasteiger partial charge in [-0.1, -0.05) is 72.8 Å². The van der Waals surface area contributed by atoms with Crippen LogP contribution in [0.4, 0.5) is 17.1 Å². The molecule has 0 fully saturated rings. The lowest BCUT2D eigenvalue weighted by Crippen LogP contribution is -2.09. The summed E-state index contributed by atoms with van der Waals surface area (Å²) in [7, 11) is 0. The van der Waals surface area contributed by atoms with E-state index in [2.05, 4.69) is 131 Å². The summed E-state index contributed by atoms with van der Waals surface area (Å²) >= 11 is 1.85. The summed E-state index contributed by atoms with van der Waals surface area (Å²) in [6.45, 7) is 0. The van der Waals surface area contributed by atoms with Gasteiger partial charge in [0.15, 0.2) is 5.58 Å². The molecule has 0 amide bonds. The first kappa shape index (κ1) is 24.2. The summed E-state index contributed by atoms with van der Waals surface area (Å²) < 4.78 is 8.72. The first-order valence-electron chi connectivity index (χ1n) is 14.4. The monoisotopic (exact) mass is 568 g/mol. The molecule has 0 bridgehead atoms. The maximum Gasteiger partial charge on any atom is 0.153 e. The fourth-order valence-corrected chi connectivity index (χ4v) is 7.41. The third-order valence-electron chi connectivity index (χ3n) is 8.30. The maximum atomic E-state index is 6.11. The van der Waals surface area contributed by atoms with Crippen LogP contribution in [0.5, 0.6) is 0 Å². The van der Waals surface area contributed by atoms with Gasteiger partial charge in [0.1, 0.15) is 11.1 Å². The Morgan fingerprint density at radius 2 is 1.26 bits per heavy atom. The number of aromatic nitrogens is 1. The van der Waals surface area contributed by atoms with E-state index in [1.165, 1.54) is 25.6 Å². The molecule has 3 aromatic heterocycles. The molecule has 202 valence electrons. The average Bonchev–Trinajstić information content (AvgIpc) is 3.64. The van der Waals surface area contributed by atoms with Crippen molar-refractivity contribution >= 4 is 81.4 Å². The number of hydrogen-bond donors (Lipinski definition) is 0. The van der Waals surface area contributed by atoms with Crippen LogP contribution in [0.15, 0.2) is 150 Å². The molecule has 0 spiro atoms. The Balaban J connectivity index is 1.15. The first-order valence-corrected chi connectivity index (χ1v) is 15.2. The predicted molar refractivity (Wildman–Crippen MR) is 182 cm³/mol. The van der Waals surface area contributed by atoms with E-state index in [1.807, 2.05) is 35.7 Å².